The Morgan fingerprint density at radius 3 is 2.89 bits per heavy atom. The molecule has 2 unspecified atom stereocenters. The number of ether oxygens (including phenoxy) is 1. The van der Waals surface area contributed by atoms with Crippen molar-refractivity contribution < 1.29 is 14.6 Å². The molecule has 1 heterocycles. The number of carbonyl (C=O) groups is 1. The fraction of sp³-hybridized carbons (Fsp3) is 0.615. The minimum absolute atomic E-state index is 0.0212. The van der Waals surface area contributed by atoms with E-state index in [1.54, 1.807) is 0 Å². The maximum atomic E-state index is 11.7. The second-order valence-corrected chi connectivity index (χ2v) is 4.78. The first-order chi connectivity index (χ1) is 9.15. The Kier molecular flexibility index (Phi) is 4.31. The quantitative estimate of drug-likeness (QED) is 0.822. The van der Waals surface area contributed by atoms with Crippen LogP contribution in [0.4, 0.5) is 5.82 Å². The average molecular weight is 265 g/mol. The van der Waals surface area contributed by atoms with E-state index in [0.717, 1.165) is 25.7 Å². The molecule has 0 spiro atoms. The number of hydrogen-bond donors (Lipinski definition) is 1. The molecule has 1 aliphatic rings. The number of aromatic nitrogens is 2. The molecule has 104 valence electrons. The van der Waals surface area contributed by atoms with Crippen LogP contribution in [0.3, 0.4) is 0 Å². The van der Waals surface area contributed by atoms with Gasteiger partial charge >= 0.3 is 5.97 Å². The van der Waals surface area contributed by atoms with Crippen molar-refractivity contribution in [2.45, 2.75) is 37.8 Å². The highest BCUT2D eigenvalue weighted by Crippen LogP contribution is 2.27. The SMILES string of the molecule is COC(=O)c1cncnc1N(C)C1CCCCC1O. The predicted molar refractivity (Wildman–Crippen MR) is 70.0 cm³/mol. The first kappa shape index (κ1) is 13.7. The summed E-state index contributed by atoms with van der Waals surface area (Å²) in [6.07, 6.45) is 6.24. The Balaban J connectivity index is 2.27. The minimum Gasteiger partial charge on any atom is -0.465 e. The molecule has 2 rings (SSSR count). The largest absolute Gasteiger partial charge is 0.465 e. The molecule has 1 fully saturated rings. The lowest BCUT2D eigenvalue weighted by atomic mass is 9.91. The van der Waals surface area contributed by atoms with Crippen molar-refractivity contribution in [2.75, 3.05) is 19.1 Å². The summed E-state index contributed by atoms with van der Waals surface area (Å²) >= 11 is 0. The molecule has 1 aromatic heterocycles. The van der Waals surface area contributed by atoms with Crippen molar-refractivity contribution in [3.63, 3.8) is 0 Å². The van der Waals surface area contributed by atoms with E-state index in [2.05, 4.69) is 9.97 Å². The third kappa shape index (κ3) is 2.84. The van der Waals surface area contributed by atoms with Gasteiger partial charge in [-0.3, -0.25) is 0 Å². The van der Waals surface area contributed by atoms with E-state index in [1.807, 2.05) is 11.9 Å². The summed E-state index contributed by atoms with van der Waals surface area (Å²) in [7, 11) is 3.17. The van der Waals surface area contributed by atoms with Crippen LogP contribution in [0.5, 0.6) is 0 Å². The molecular formula is C13H19N3O3. The van der Waals surface area contributed by atoms with Gasteiger partial charge < -0.3 is 14.7 Å². The maximum Gasteiger partial charge on any atom is 0.343 e. The molecule has 0 amide bonds. The normalized spacial score (nSPS) is 22.9. The Morgan fingerprint density at radius 2 is 2.21 bits per heavy atom. The van der Waals surface area contributed by atoms with Gasteiger partial charge in [0.25, 0.3) is 0 Å². The number of hydrogen-bond acceptors (Lipinski definition) is 6. The highest BCUT2D eigenvalue weighted by molar-refractivity contribution is 5.94. The fourth-order valence-corrected chi connectivity index (χ4v) is 2.56. The zero-order chi connectivity index (χ0) is 13.8. The van der Waals surface area contributed by atoms with Gasteiger partial charge in [-0.25, -0.2) is 14.8 Å². The van der Waals surface area contributed by atoms with Crippen LogP contribution in [0, 0.1) is 0 Å². The second-order valence-electron chi connectivity index (χ2n) is 4.78. The Labute approximate surface area is 112 Å². The van der Waals surface area contributed by atoms with E-state index in [0.29, 0.717) is 11.4 Å². The number of nitrogens with zero attached hydrogens (tertiary/aromatic N) is 3. The van der Waals surface area contributed by atoms with Crippen molar-refractivity contribution in [2.24, 2.45) is 0 Å². The highest BCUT2D eigenvalue weighted by atomic mass is 16.5. The zero-order valence-corrected chi connectivity index (χ0v) is 11.2. The molecule has 1 aromatic rings. The van der Waals surface area contributed by atoms with Gasteiger partial charge in [-0.15, -0.1) is 0 Å². The summed E-state index contributed by atoms with van der Waals surface area (Å²) in [6.45, 7) is 0. The topological polar surface area (TPSA) is 75.5 Å². The lowest BCUT2D eigenvalue weighted by Gasteiger charge is -2.36. The summed E-state index contributed by atoms with van der Waals surface area (Å²) < 4.78 is 4.73. The lowest BCUT2D eigenvalue weighted by molar-refractivity contribution is 0.0599. The summed E-state index contributed by atoms with van der Waals surface area (Å²) in [4.78, 5) is 21.6. The number of aliphatic hydroxyl groups excluding tert-OH is 1. The van der Waals surface area contributed by atoms with Crippen LogP contribution in [0.15, 0.2) is 12.5 Å². The fourth-order valence-electron chi connectivity index (χ4n) is 2.56. The maximum absolute atomic E-state index is 11.7. The number of carbonyl (C=O) groups excluding carboxylic acids is 1. The standard InChI is InChI=1S/C13H19N3O3/c1-16(10-5-3-4-6-11(10)17)12-9(13(18)19-2)7-14-8-15-12/h7-8,10-11,17H,3-6H2,1-2H3. The molecule has 1 aliphatic carbocycles. The van der Waals surface area contributed by atoms with Crippen LogP contribution >= 0.6 is 0 Å². The van der Waals surface area contributed by atoms with E-state index in [4.69, 9.17) is 4.74 Å². The second kappa shape index (κ2) is 5.97. The molecule has 0 aliphatic heterocycles. The number of aliphatic hydroxyl groups is 1. The van der Waals surface area contributed by atoms with Crippen molar-refractivity contribution >= 4 is 11.8 Å². The van der Waals surface area contributed by atoms with Crippen LogP contribution < -0.4 is 4.90 Å². The number of rotatable bonds is 3. The van der Waals surface area contributed by atoms with Crippen LogP contribution in [0.25, 0.3) is 0 Å². The summed E-state index contributed by atoms with van der Waals surface area (Å²) in [6, 6.07) is -0.0212. The number of methoxy groups -OCH3 is 1. The van der Waals surface area contributed by atoms with Gasteiger partial charge in [0, 0.05) is 13.2 Å². The Morgan fingerprint density at radius 1 is 1.47 bits per heavy atom. The molecule has 0 bridgehead atoms. The van der Waals surface area contributed by atoms with Gasteiger partial charge in [-0.2, -0.15) is 0 Å². The van der Waals surface area contributed by atoms with Crippen molar-refractivity contribution in [3.8, 4) is 0 Å². The molecule has 1 N–H and O–H groups in total. The average Bonchev–Trinajstić information content (AvgIpc) is 2.46. The number of esters is 1. The van der Waals surface area contributed by atoms with E-state index >= 15 is 0 Å². The Hall–Kier alpha value is -1.69. The van der Waals surface area contributed by atoms with Crippen molar-refractivity contribution in [1.82, 2.24) is 9.97 Å². The molecule has 0 aromatic carbocycles. The number of likely N-dealkylation sites (N-methyl/N-ethyl adjacent to an activating group) is 1. The van der Waals surface area contributed by atoms with E-state index < -0.39 is 5.97 Å². The van der Waals surface area contributed by atoms with Gasteiger partial charge in [0.15, 0.2) is 0 Å². The van der Waals surface area contributed by atoms with Gasteiger partial charge in [0.2, 0.25) is 0 Å². The van der Waals surface area contributed by atoms with Crippen molar-refractivity contribution in [1.29, 1.82) is 0 Å². The Bertz CT molecular complexity index is 453. The van der Waals surface area contributed by atoms with E-state index in [9.17, 15) is 9.90 Å². The third-order valence-electron chi connectivity index (χ3n) is 3.62. The van der Waals surface area contributed by atoms with Crippen LogP contribution in [0.2, 0.25) is 0 Å². The van der Waals surface area contributed by atoms with Crippen LogP contribution in [-0.2, 0) is 4.74 Å². The van der Waals surface area contributed by atoms with Gasteiger partial charge in [-0.05, 0) is 12.8 Å². The smallest absolute Gasteiger partial charge is 0.343 e. The van der Waals surface area contributed by atoms with Crippen LogP contribution in [0.1, 0.15) is 36.0 Å². The van der Waals surface area contributed by atoms with Gasteiger partial charge in [0.1, 0.15) is 17.7 Å². The monoisotopic (exact) mass is 265 g/mol. The number of anilines is 1. The summed E-state index contributed by atoms with van der Waals surface area (Å²) in [5.74, 6) is 0.0422. The van der Waals surface area contributed by atoms with E-state index in [1.165, 1.54) is 19.6 Å². The molecule has 6 nitrogen and oxygen atoms in total. The van der Waals surface area contributed by atoms with E-state index in [-0.39, 0.29) is 12.1 Å². The summed E-state index contributed by atoms with van der Waals surface area (Å²) in [5.41, 5.74) is 0.324. The first-order valence-corrected chi connectivity index (χ1v) is 6.44. The minimum atomic E-state index is -0.465. The summed E-state index contributed by atoms with van der Waals surface area (Å²) in [5, 5.41) is 10.1. The molecule has 0 radical (unpaired) electrons. The van der Waals surface area contributed by atoms with Crippen LogP contribution in [-0.4, -0.2) is 47.3 Å². The molecule has 6 heteroatoms. The zero-order valence-electron chi connectivity index (χ0n) is 11.2. The molecule has 2 atom stereocenters. The van der Waals surface area contributed by atoms with Gasteiger partial charge in [-0.1, -0.05) is 12.8 Å². The molecule has 19 heavy (non-hydrogen) atoms. The first-order valence-electron chi connectivity index (χ1n) is 6.44. The molecular weight excluding hydrogens is 246 g/mol. The molecule has 0 saturated heterocycles. The third-order valence-corrected chi connectivity index (χ3v) is 3.62. The lowest BCUT2D eigenvalue weighted by Crippen LogP contribution is -2.44. The molecule has 1 saturated carbocycles. The predicted octanol–water partition coefficient (Wildman–Crippen LogP) is 1.00. The highest BCUT2D eigenvalue weighted by Gasteiger charge is 2.29. The van der Waals surface area contributed by atoms with Gasteiger partial charge in [0.05, 0.1) is 19.3 Å². The van der Waals surface area contributed by atoms with Crippen molar-refractivity contribution in [3.05, 3.63) is 18.1 Å².